The van der Waals surface area contributed by atoms with Crippen molar-refractivity contribution in [2.45, 2.75) is 36.8 Å². The van der Waals surface area contributed by atoms with Crippen LogP contribution in [0.15, 0.2) is 36.4 Å². The summed E-state index contributed by atoms with van der Waals surface area (Å²) in [5, 5.41) is 49.9. The van der Waals surface area contributed by atoms with Crippen LogP contribution in [0, 0.1) is 11.3 Å². The lowest BCUT2D eigenvalue weighted by Crippen LogP contribution is -2.60. The Balaban J connectivity index is 1.84. The van der Waals surface area contributed by atoms with Crippen molar-refractivity contribution in [3.8, 4) is 11.8 Å². The van der Waals surface area contributed by atoms with E-state index in [1.165, 1.54) is 0 Å². The maximum Gasteiger partial charge on any atom is 0.335 e. The van der Waals surface area contributed by atoms with Gasteiger partial charge in [0.25, 0.3) is 0 Å². The molecule has 9 nitrogen and oxygen atoms in total. The molecule has 0 radical (unpaired) electrons. The van der Waals surface area contributed by atoms with E-state index >= 15 is 0 Å². The molecule has 1 fully saturated rings. The van der Waals surface area contributed by atoms with Gasteiger partial charge in [-0.3, -0.25) is 0 Å². The molecule has 9 heteroatoms. The van der Waals surface area contributed by atoms with Gasteiger partial charge < -0.3 is 34.6 Å². The van der Waals surface area contributed by atoms with Crippen LogP contribution in [-0.2, 0) is 14.3 Å². The first-order valence-electron chi connectivity index (χ1n) is 8.41. The van der Waals surface area contributed by atoms with Gasteiger partial charge in [0, 0.05) is 0 Å². The number of fused-ring (bicyclic) bond motifs is 1. The molecule has 28 heavy (non-hydrogen) atoms. The van der Waals surface area contributed by atoms with Crippen molar-refractivity contribution >= 4 is 16.7 Å². The molecule has 1 aliphatic heterocycles. The number of benzene rings is 2. The van der Waals surface area contributed by atoms with Crippen LogP contribution in [0.1, 0.15) is 11.7 Å². The summed E-state index contributed by atoms with van der Waals surface area (Å²) in [7, 11) is 1.56. The van der Waals surface area contributed by atoms with E-state index < -0.39 is 42.8 Å². The van der Waals surface area contributed by atoms with Crippen LogP contribution in [0.5, 0.6) is 5.75 Å². The molecule has 0 aliphatic carbocycles. The predicted octanol–water partition coefficient (Wildman–Crippen LogP) is 0.322. The highest BCUT2D eigenvalue weighted by Gasteiger charge is 2.48. The van der Waals surface area contributed by atoms with Gasteiger partial charge in [-0.05, 0) is 34.5 Å². The highest BCUT2D eigenvalue weighted by atomic mass is 16.7. The number of hydrogen-bond acceptors (Lipinski definition) is 8. The van der Waals surface area contributed by atoms with E-state index in [-0.39, 0.29) is 0 Å². The zero-order valence-corrected chi connectivity index (χ0v) is 14.8. The standard InChI is InChI=1S/C19H19NO8/c1-26-12-5-4-9-6-11(3-2-10(9)7-12)13(8-20)27-19-16(23)14(21)15(22)17(28-19)18(24)25/h2-7,13-17,19,21-23H,1H3,(H,24,25). The topological polar surface area (TPSA) is 149 Å². The fraction of sp³-hybridized carbons (Fsp3) is 0.368. The van der Waals surface area contributed by atoms with Crippen LogP contribution in [0.4, 0.5) is 0 Å². The van der Waals surface area contributed by atoms with Gasteiger partial charge in [0.1, 0.15) is 24.1 Å². The fourth-order valence-electron chi connectivity index (χ4n) is 3.01. The SMILES string of the molecule is COc1ccc2cc(C(C#N)OC3OC(C(=O)O)C(O)C(O)C3O)ccc2c1. The van der Waals surface area contributed by atoms with E-state index in [4.69, 9.17) is 19.3 Å². The lowest BCUT2D eigenvalue weighted by atomic mass is 9.98. The monoisotopic (exact) mass is 389 g/mol. The van der Waals surface area contributed by atoms with E-state index in [0.717, 1.165) is 10.8 Å². The Morgan fingerprint density at radius 2 is 1.79 bits per heavy atom. The third kappa shape index (κ3) is 3.77. The molecule has 3 rings (SSSR count). The fourth-order valence-corrected chi connectivity index (χ4v) is 3.01. The van der Waals surface area contributed by atoms with Crippen LogP contribution in [0.2, 0.25) is 0 Å². The molecule has 2 aromatic rings. The van der Waals surface area contributed by atoms with Gasteiger partial charge in [-0.25, -0.2) is 4.79 Å². The molecule has 1 heterocycles. The minimum absolute atomic E-state index is 0.448. The normalized spacial score (nSPS) is 28.5. The summed E-state index contributed by atoms with van der Waals surface area (Å²) in [6.45, 7) is 0. The number of ether oxygens (including phenoxy) is 3. The summed E-state index contributed by atoms with van der Waals surface area (Å²) in [5.74, 6) is -0.848. The molecule has 0 amide bonds. The largest absolute Gasteiger partial charge is 0.497 e. The van der Waals surface area contributed by atoms with Crippen molar-refractivity contribution in [3.63, 3.8) is 0 Å². The molecule has 2 aromatic carbocycles. The smallest absolute Gasteiger partial charge is 0.335 e. The Kier molecular flexibility index (Phi) is 5.79. The van der Waals surface area contributed by atoms with Crippen molar-refractivity contribution in [2.24, 2.45) is 0 Å². The summed E-state index contributed by atoms with van der Waals surface area (Å²) in [5.41, 5.74) is 0.448. The van der Waals surface area contributed by atoms with Crippen molar-refractivity contribution in [1.29, 1.82) is 5.26 Å². The molecule has 0 bridgehead atoms. The first kappa shape index (κ1) is 20.0. The molecule has 0 spiro atoms. The van der Waals surface area contributed by atoms with Gasteiger partial charge in [-0.1, -0.05) is 18.2 Å². The van der Waals surface area contributed by atoms with E-state index in [2.05, 4.69) is 0 Å². The Hall–Kier alpha value is -2.74. The van der Waals surface area contributed by atoms with Crippen LogP contribution < -0.4 is 4.74 Å². The number of carboxylic acids is 1. The average Bonchev–Trinajstić information content (AvgIpc) is 2.70. The number of aliphatic hydroxyl groups is 3. The summed E-state index contributed by atoms with van der Waals surface area (Å²) in [4.78, 5) is 11.2. The number of hydrogen-bond donors (Lipinski definition) is 4. The number of carbonyl (C=O) groups is 1. The van der Waals surface area contributed by atoms with Gasteiger partial charge >= 0.3 is 5.97 Å². The number of rotatable bonds is 5. The summed E-state index contributed by atoms with van der Waals surface area (Å²) >= 11 is 0. The number of aliphatic hydroxyl groups excluding tert-OH is 3. The second-order valence-corrected chi connectivity index (χ2v) is 6.35. The Labute approximate surface area is 159 Å². The zero-order chi connectivity index (χ0) is 20.4. The summed E-state index contributed by atoms with van der Waals surface area (Å²) < 4.78 is 15.7. The first-order chi connectivity index (χ1) is 13.3. The van der Waals surface area contributed by atoms with Gasteiger partial charge in [0.05, 0.1) is 13.2 Å². The number of methoxy groups -OCH3 is 1. The van der Waals surface area contributed by atoms with Crippen LogP contribution in [0.25, 0.3) is 10.8 Å². The molecule has 6 atom stereocenters. The van der Waals surface area contributed by atoms with E-state index in [9.17, 15) is 25.4 Å². The Morgan fingerprint density at radius 1 is 1.11 bits per heavy atom. The molecular weight excluding hydrogens is 370 g/mol. The number of aliphatic carboxylic acids is 1. The van der Waals surface area contributed by atoms with Gasteiger partial charge in [0.2, 0.25) is 0 Å². The molecule has 0 aromatic heterocycles. The van der Waals surface area contributed by atoms with Gasteiger partial charge in [-0.2, -0.15) is 5.26 Å². The third-order valence-electron chi connectivity index (χ3n) is 4.57. The highest BCUT2D eigenvalue weighted by molar-refractivity contribution is 5.84. The molecule has 1 aliphatic rings. The second kappa shape index (κ2) is 8.10. The molecular formula is C19H19NO8. The van der Waals surface area contributed by atoms with E-state index in [1.807, 2.05) is 12.1 Å². The Morgan fingerprint density at radius 3 is 2.43 bits per heavy atom. The summed E-state index contributed by atoms with van der Waals surface area (Å²) in [6, 6.07) is 12.4. The number of nitrogens with zero attached hydrogens (tertiary/aromatic N) is 1. The van der Waals surface area contributed by atoms with Gasteiger partial charge in [0.15, 0.2) is 18.5 Å². The van der Waals surface area contributed by atoms with E-state index in [1.54, 1.807) is 37.4 Å². The van der Waals surface area contributed by atoms with Crippen molar-refractivity contribution in [1.82, 2.24) is 0 Å². The highest BCUT2D eigenvalue weighted by Crippen LogP contribution is 2.30. The molecule has 1 saturated heterocycles. The first-order valence-corrected chi connectivity index (χ1v) is 8.41. The molecule has 148 valence electrons. The lowest BCUT2D eigenvalue weighted by Gasteiger charge is -2.39. The van der Waals surface area contributed by atoms with Crippen LogP contribution >= 0.6 is 0 Å². The average molecular weight is 389 g/mol. The molecule has 4 N–H and O–H groups in total. The minimum Gasteiger partial charge on any atom is -0.497 e. The Bertz CT molecular complexity index is 910. The maximum atomic E-state index is 11.2. The van der Waals surface area contributed by atoms with Crippen LogP contribution in [0.3, 0.4) is 0 Å². The van der Waals surface area contributed by atoms with Crippen LogP contribution in [-0.4, -0.2) is 64.2 Å². The zero-order valence-electron chi connectivity index (χ0n) is 14.8. The summed E-state index contributed by atoms with van der Waals surface area (Å²) in [6.07, 6.45) is -9.98. The lowest BCUT2D eigenvalue weighted by molar-refractivity contribution is -0.300. The number of nitriles is 1. The minimum atomic E-state index is -1.83. The predicted molar refractivity (Wildman–Crippen MR) is 94.3 cm³/mol. The third-order valence-corrected chi connectivity index (χ3v) is 4.57. The second-order valence-electron chi connectivity index (χ2n) is 6.35. The van der Waals surface area contributed by atoms with Crippen molar-refractivity contribution in [3.05, 3.63) is 42.0 Å². The van der Waals surface area contributed by atoms with Crippen molar-refractivity contribution < 1.29 is 39.4 Å². The van der Waals surface area contributed by atoms with Gasteiger partial charge in [-0.15, -0.1) is 0 Å². The molecule has 6 unspecified atom stereocenters. The number of carboxylic acid groups (broad SMARTS) is 1. The quantitative estimate of drug-likeness (QED) is 0.567. The van der Waals surface area contributed by atoms with E-state index in [0.29, 0.717) is 11.3 Å². The van der Waals surface area contributed by atoms with Crippen molar-refractivity contribution in [2.75, 3.05) is 7.11 Å². The molecule has 0 saturated carbocycles. The maximum absolute atomic E-state index is 11.2.